The minimum absolute atomic E-state index is 0. The molecule has 1 aromatic carbocycles. The van der Waals surface area contributed by atoms with E-state index >= 15 is 0 Å². The second-order valence-electron chi connectivity index (χ2n) is 2.03. The Hall–Kier alpha value is 0.900. The van der Waals surface area contributed by atoms with Gasteiger partial charge in [0.2, 0.25) is 0 Å². The quantitative estimate of drug-likeness (QED) is 0.493. The number of benzene rings is 1. The molecule has 0 aliphatic rings. The van der Waals surface area contributed by atoms with E-state index in [1.54, 1.807) is 0 Å². The first-order chi connectivity index (χ1) is 5.41. The van der Waals surface area contributed by atoms with Gasteiger partial charge in [0, 0.05) is 4.47 Å². The zero-order valence-corrected chi connectivity index (χ0v) is 11.8. The molecular weight excluding hydrogens is 290 g/mol. The molecule has 0 heterocycles. The Balaban J connectivity index is 0.00000144. The monoisotopic (exact) mass is 292 g/mol. The summed E-state index contributed by atoms with van der Waals surface area (Å²) in [6.07, 6.45) is 0. The van der Waals surface area contributed by atoms with Gasteiger partial charge in [0.05, 0.1) is 9.92 Å². The standard InChI is InChI=1S/C6H4BrClO3S.Na/c7-4-1-2-6(5(8)3-4)12(9,10)11;/h1-3H,(H,9,10,11);/q;+1/p-1. The van der Waals surface area contributed by atoms with Crippen molar-refractivity contribution < 1.29 is 42.5 Å². The smallest absolute Gasteiger partial charge is 0.744 e. The van der Waals surface area contributed by atoms with E-state index in [0.29, 0.717) is 4.47 Å². The van der Waals surface area contributed by atoms with Crippen molar-refractivity contribution in [3.63, 3.8) is 0 Å². The average Bonchev–Trinajstić information content (AvgIpc) is 1.83. The molecule has 0 atom stereocenters. The zero-order chi connectivity index (χ0) is 9.35. The molecule has 0 spiro atoms. The van der Waals surface area contributed by atoms with E-state index in [1.165, 1.54) is 12.1 Å². The number of hydrogen-bond donors (Lipinski definition) is 0. The van der Waals surface area contributed by atoms with Gasteiger partial charge in [-0.05, 0) is 18.2 Å². The summed E-state index contributed by atoms with van der Waals surface area (Å²) in [4.78, 5) is -0.396. The van der Waals surface area contributed by atoms with Crippen LogP contribution in [0.25, 0.3) is 0 Å². The van der Waals surface area contributed by atoms with Gasteiger partial charge in [0.25, 0.3) is 0 Å². The second kappa shape index (κ2) is 5.11. The van der Waals surface area contributed by atoms with Gasteiger partial charge in [0.1, 0.15) is 10.1 Å². The topological polar surface area (TPSA) is 57.2 Å². The summed E-state index contributed by atoms with van der Waals surface area (Å²) in [5.41, 5.74) is 0. The summed E-state index contributed by atoms with van der Waals surface area (Å²) >= 11 is 8.59. The first-order valence-corrected chi connectivity index (χ1v) is 5.40. The number of hydrogen-bond acceptors (Lipinski definition) is 3. The van der Waals surface area contributed by atoms with Crippen molar-refractivity contribution in [2.24, 2.45) is 0 Å². The van der Waals surface area contributed by atoms with Crippen molar-refractivity contribution in [1.29, 1.82) is 0 Å². The van der Waals surface area contributed by atoms with E-state index in [2.05, 4.69) is 15.9 Å². The minimum atomic E-state index is -4.45. The third kappa shape index (κ3) is 3.87. The van der Waals surface area contributed by atoms with Gasteiger partial charge in [-0.15, -0.1) is 0 Å². The first-order valence-electron chi connectivity index (χ1n) is 2.82. The Morgan fingerprint density at radius 1 is 1.38 bits per heavy atom. The normalized spacial score (nSPS) is 10.7. The van der Waals surface area contributed by atoms with E-state index in [-0.39, 0.29) is 34.6 Å². The molecule has 0 bridgehead atoms. The van der Waals surface area contributed by atoms with Crippen molar-refractivity contribution >= 4 is 37.6 Å². The van der Waals surface area contributed by atoms with Crippen molar-refractivity contribution in [2.75, 3.05) is 0 Å². The van der Waals surface area contributed by atoms with Crippen molar-refractivity contribution in [2.45, 2.75) is 4.90 Å². The van der Waals surface area contributed by atoms with Gasteiger partial charge in [-0.1, -0.05) is 27.5 Å². The molecule has 0 amide bonds. The van der Waals surface area contributed by atoms with Gasteiger partial charge in [0.15, 0.2) is 0 Å². The fraction of sp³-hybridized carbons (Fsp3) is 0. The molecule has 0 radical (unpaired) electrons. The van der Waals surface area contributed by atoms with E-state index in [0.717, 1.165) is 6.07 Å². The summed E-state index contributed by atoms with van der Waals surface area (Å²) < 4.78 is 32.2. The second-order valence-corrected chi connectivity index (χ2v) is 4.70. The summed E-state index contributed by atoms with van der Waals surface area (Å²) in [7, 11) is -4.45. The maximum atomic E-state index is 10.5. The van der Waals surface area contributed by atoms with Crippen LogP contribution in [0.1, 0.15) is 0 Å². The largest absolute Gasteiger partial charge is 1.00 e. The molecule has 66 valence electrons. The van der Waals surface area contributed by atoms with Gasteiger partial charge in [-0.25, -0.2) is 8.42 Å². The van der Waals surface area contributed by atoms with Crippen LogP contribution in [0, 0.1) is 0 Å². The SMILES string of the molecule is O=S(=O)([O-])c1ccc(Br)cc1Cl.[Na+]. The molecule has 0 saturated carbocycles. The van der Waals surface area contributed by atoms with Crippen LogP contribution in [-0.2, 0) is 10.1 Å². The molecule has 0 saturated heterocycles. The predicted octanol–water partition coefficient (Wildman–Crippen LogP) is -0.989. The van der Waals surface area contributed by atoms with Gasteiger partial charge >= 0.3 is 29.6 Å². The van der Waals surface area contributed by atoms with Crippen LogP contribution in [0.5, 0.6) is 0 Å². The first kappa shape index (κ1) is 13.9. The molecule has 0 aromatic heterocycles. The van der Waals surface area contributed by atoms with Gasteiger partial charge in [-0.2, -0.15) is 0 Å². The van der Waals surface area contributed by atoms with E-state index in [9.17, 15) is 13.0 Å². The molecule has 7 heteroatoms. The zero-order valence-electron chi connectivity index (χ0n) is 6.62. The van der Waals surface area contributed by atoms with Crippen LogP contribution in [0.2, 0.25) is 5.02 Å². The molecule has 0 fully saturated rings. The fourth-order valence-corrected chi connectivity index (χ4v) is 2.17. The van der Waals surface area contributed by atoms with Gasteiger partial charge < -0.3 is 4.55 Å². The Kier molecular flexibility index (Phi) is 5.47. The molecule has 0 N–H and O–H groups in total. The summed E-state index contributed by atoms with van der Waals surface area (Å²) in [6.45, 7) is 0. The Morgan fingerprint density at radius 3 is 2.31 bits per heavy atom. The molecule has 0 aliphatic heterocycles. The van der Waals surface area contributed by atoms with Crippen LogP contribution in [0.15, 0.2) is 27.6 Å². The Morgan fingerprint density at radius 2 is 1.92 bits per heavy atom. The van der Waals surface area contributed by atoms with Crippen molar-refractivity contribution in [3.8, 4) is 0 Å². The molecule has 1 aromatic rings. The van der Waals surface area contributed by atoms with E-state index < -0.39 is 15.0 Å². The third-order valence-corrected chi connectivity index (χ3v) is 2.98. The molecular formula is C6H3BrClNaO3S. The maximum Gasteiger partial charge on any atom is 1.00 e. The van der Waals surface area contributed by atoms with Crippen molar-refractivity contribution in [3.05, 3.63) is 27.7 Å². The van der Waals surface area contributed by atoms with Crippen LogP contribution in [0.4, 0.5) is 0 Å². The van der Waals surface area contributed by atoms with Crippen LogP contribution in [0.3, 0.4) is 0 Å². The summed E-state index contributed by atoms with van der Waals surface area (Å²) in [5.74, 6) is 0. The number of rotatable bonds is 1. The maximum absolute atomic E-state index is 10.5. The van der Waals surface area contributed by atoms with Crippen LogP contribution < -0.4 is 29.6 Å². The fourth-order valence-electron chi connectivity index (χ4n) is 0.678. The molecule has 0 unspecified atom stereocenters. The van der Waals surface area contributed by atoms with Crippen LogP contribution >= 0.6 is 27.5 Å². The third-order valence-electron chi connectivity index (χ3n) is 1.16. The molecule has 13 heavy (non-hydrogen) atoms. The van der Waals surface area contributed by atoms with Gasteiger partial charge in [-0.3, -0.25) is 0 Å². The molecule has 3 nitrogen and oxygen atoms in total. The Bertz CT molecular complexity index is 406. The minimum Gasteiger partial charge on any atom is -0.744 e. The van der Waals surface area contributed by atoms with E-state index in [1.807, 2.05) is 0 Å². The molecule has 1 rings (SSSR count). The van der Waals surface area contributed by atoms with Crippen molar-refractivity contribution in [1.82, 2.24) is 0 Å². The number of halogens is 2. The summed E-state index contributed by atoms with van der Waals surface area (Å²) in [6, 6.07) is 3.96. The molecule has 0 aliphatic carbocycles. The average molecular weight is 294 g/mol. The predicted molar refractivity (Wildman–Crippen MR) is 47.1 cm³/mol. The van der Waals surface area contributed by atoms with Crippen LogP contribution in [-0.4, -0.2) is 13.0 Å². The van der Waals surface area contributed by atoms with E-state index in [4.69, 9.17) is 11.6 Å². The summed E-state index contributed by atoms with van der Waals surface area (Å²) in [5, 5.41) is -0.0700. The Labute approximate surface area is 112 Å².